The van der Waals surface area contributed by atoms with Crippen LogP contribution in [0.15, 0.2) is 40.9 Å². The SMILES string of the molecule is Cl.O=C(O)CC(Cc1nc(CCCc2ccc3c(n2)NCCC3)no1)c1cccc([N+](=O)[O-])c1. The van der Waals surface area contributed by atoms with E-state index in [-0.39, 0.29) is 30.9 Å². The number of aromatic nitrogens is 3. The number of nitrogens with zero attached hydrogens (tertiary/aromatic N) is 4. The summed E-state index contributed by atoms with van der Waals surface area (Å²) in [6, 6.07) is 10.2. The van der Waals surface area contributed by atoms with Crippen molar-refractivity contribution in [2.45, 2.75) is 50.9 Å². The first-order chi connectivity index (χ1) is 16.0. The third kappa shape index (κ3) is 6.50. The van der Waals surface area contributed by atoms with E-state index in [0.717, 1.165) is 43.7 Å². The maximum atomic E-state index is 11.4. The predicted molar refractivity (Wildman–Crippen MR) is 126 cm³/mol. The van der Waals surface area contributed by atoms with Crippen LogP contribution in [0.3, 0.4) is 0 Å². The van der Waals surface area contributed by atoms with E-state index in [1.165, 1.54) is 17.7 Å². The van der Waals surface area contributed by atoms with E-state index in [1.54, 1.807) is 12.1 Å². The molecule has 0 amide bonds. The molecule has 0 saturated heterocycles. The summed E-state index contributed by atoms with van der Waals surface area (Å²) in [5, 5.41) is 27.7. The Balaban J connectivity index is 0.00000324. The molecule has 34 heavy (non-hydrogen) atoms. The van der Waals surface area contributed by atoms with Gasteiger partial charge in [-0.15, -0.1) is 12.4 Å². The molecule has 0 aliphatic carbocycles. The van der Waals surface area contributed by atoms with E-state index in [1.807, 2.05) is 0 Å². The lowest BCUT2D eigenvalue weighted by Gasteiger charge is -2.17. The van der Waals surface area contributed by atoms with E-state index in [4.69, 9.17) is 9.51 Å². The molecule has 180 valence electrons. The smallest absolute Gasteiger partial charge is 0.303 e. The third-order valence-corrected chi connectivity index (χ3v) is 5.69. The Kier molecular flexibility index (Phi) is 8.53. The minimum Gasteiger partial charge on any atom is -0.481 e. The van der Waals surface area contributed by atoms with Crippen molar-refractivity contribution in [1.82, 2.24) is 15.1 Å². The topological polar surface area (TPSA) is 144 Å². The molecule has 1 aromatic carbocycles. The first kappa shape index (κ1) is 25.1. The van der Waals surface area contributed by atoms with Crippen LogP contribution < -0.4 is 5.32 Å². The number of non-ortho nitro benzene ring substituents is 1. The number of carboxylic acid groups (broad SMARTS) is 1. The number of hydrogen-bond acceptors (Lipinski definition) is 8. The molecule has 0 saturated carbocycles. The van der Waals surface area contributed by atoms with Crippen LogP contribution in [0.2, 0.25) is 0 Å². The Morgan fingerprint density at radius 2 is 2.09 bits per heavy atom. The van der Waals surface area contributed by atoms with E-state index in [2.05, 4.69) is 27.6 Å². The highest BCUT2D eigenvalue weighted by molar-refractivity contribution is 5.85. The summed E-state index contributed by atoms with van der Waals surface area (Å²) in [6.07, 6.45) is 4.37. The van der Waals surface area contributed by atoms with Gasteiger partial charge >= 0.3 is 5.97 Å². The maximum absolute atomic E-state index is 11.4. The Morgan fingerprint density at radius 1 is 1.24 bits per heavy atom. The van der Waals surface area contributed by atoms with Gasteiger partial charge in [-0.2, -0.15) is 4.98 Å². The number of aliphatic carboxylic acids is 1. The number of pyridine rings is 1. The lowest BCUT2D eigenvalue weighted by atomic mass is 9.92. The number of aryl methyl sites for hydroxylation is 3. The average molecular weight is 488 g/mol. The second-order valence-corrected chi connectivity index (χ2v) is 8.15. The van der Waals surface area contributed by atoms with Gasteiger partial charge in [0.05, 0.1) is 11.3 Å². The molecule has 1 aliphatic heterocycles. The molecular weight excluding hydrogens is 462 g/mol. The molecule has 1 aliphatic rings. The summed E-state index contributed by atoms with van der Waals surface area (Å²) in [5.41, 5.74) is 2.74. The highest BCUT2D eigenvalue weighted by Crippen LogP contribution is 2.27. The molecule has 0 bridgehead atoms. The van der Waals surface area contributed by atoms with E-state index in [9.17, 15) is 20.0 Å². The number of hydrogen-bond donors (Lipinski definition) is 2. The molecular formula is C23H26ClN5O5. The Morgan fingerprint density at radius 3 is 2.88 bits per heavy atom. The van der Waals surface area contributed by atoms with Crippen LogP contribution in [0.5, 0.6) is 0 Å². The fraction of sp³-hybridized carbons (Fsp3) is 0.391. The van der Waals surface area contributed by atoms with E-state index in [0.29, 0.717) is 23.7 Å². The number of anilines is 1. The number of benzene rings is 1. The summed E-state index contributed by atoms with van der Waals surface area (Å²) in [5.74, 6) is 0.334. The predicted octanol–water partition coefficient (Wildman–Crippen LogP) is 4.13. The van der Waals surface area contributed by atoms with Gasteiger partial charge < -0.3 is 14.9 Å². The van der Waals surface area contributed by atoms with E-state index >= 15 is 0 Å². The van der Waals surface area contributed by atoms with Crippen LogP contribution in [0.25, 0.3) is 0 Å². The van der Waals surface area contributed by atoms with Gasteiger partial charge in [0, 0.05) is 43.1 Å². The van der Waals surface area contributed by atoms with Crippen LogP contribution in [-0.4, -0.2) is 37.7 Å². The van der Waals surface area contributed by atoms with Gasteiger partial charge in [0.25, 0.3) is 5.69 Å². The Bertz CT molecular complexity index is 1150. The minimum atomic E-state index is -1.00. The van der Waals surface area contributed by atoms with Gasteiger partial charge in [-0.1, -0.05) is 23.4 Å². The van der Waals surface area contributed by atoms with E-state index < -0.39 is 16.8 Å². The van der Waals surface area contributed by atoms with Crippen molar-refractivity contribution in [2.75, 3.05) is 11.9 Å². The fourth-order valence-corrected chi connectivity index (χ4v) is 4.03. The fourth-order valence-electron chi connectivity index (χ4n) is 4.03. The maximum Gasteiger partial charge on any atom is 0.303 e. The van der Waals surface area contributed by atoms with Crippen molar-refractivity contribution in [1.29, 1.82) is 0 Å². The van der Waals surface area contributed by atoms with Crippen molar-refractivity contribution >= 4 is 29.9 Å². The van der Waals surface area contributed by atoms with Crippen LogP contribution in [0.1, 0.15) is 53.7 Å². The summed E-state index contributed by atoms with van der Waals surface area (Å²) in [7, 11) is 0. The van der Waals surface area contributed by atoms with Gasteiger partial charge in [-0.25, -0.2) is 4.98 Å². The number of carbonyl (C=O) groups is 1. The zero-order valence-corrected chi connectivity index (χ0v) is 19.3. The van der Waals surface area contributed by atoms with Crippen molar-refractivity contribution < 1.29 is 19.3 Å². The van der Waals surface area contributed by atoms with Crippen molar-refractivity contribution in [3.05, 3.63) is 75.0 Å². The van der Waals surface area contributed by atoms with Crippen LogP contribution in [-0.2, 0) is 30.5 Å². The second-order valence-electron chi connectivity index (χ2n) is 8.15. The van der Waals surface area contributed by atoms with Crippen LogP contribution >= 0.6 is 12.4 Å². The molecule has 1 atom stereocenters. The first-order valence-electron chi connectivity index (χ1n) is 11.0. The van der Waals surface area contributed by atoms with Gasteiger partial charge in [0.1, 0.15) is 5.82 Å². The highest BCUT2D eigenvalue weighted by atomic mass is 35.5. The van der Waals surface area contributed by atoms with Crippen LogP contribution in [0.4, 0.5) is 11.5 Å². The summed E-state index contributed by atoms with van der Waals surface area (Å²) in [4.78, 5) is 31.0. The molecule has 0 radical (unpaired) electrons. The number of rotatable bonds is 10. The molecule has 3 aromatic rings. The molecule has 11 heteroatoms. The Labute approximate surface area is 202 Å². The number of nitro groups is 1. The zero-order valence-electron chi connectivity index (χ0n) is 18.5. The standard InChI is InChI=1S/C23H25N5O5.ClH/c29-22(30)14-17(16-4-1-7-19(12-16)28(31)32)13-21-26-20(27-33-21)8-2-6-18-10-9-15-5-3-11-24-23(15)25-18;/h1,4,7,9-10,12,17H,2-3,5-6,8,11,13-14H2,(H,24,25)(H,29,30);1H. The molecule has 0 fully saturated rings. The largest absolute Gasteiger partial charge is 0.481 e. The highest BCUT2D eigenvalue weighted by Gasteiger charge is 2.22. The number of nitrogens with one attached hydrogen (secondary N) is 1. The molecule has 1 unspecified atom stereocenters. The molecule has 0 spiro atoms. The number of carboxylic acids is 1. The van der Waals surface area contributed by atoms with Crippen molar-refractivity contribution in [3.63, 3.8) is 0 Å². The van der Waals surface area contributed by atoms with Gasteiger partial charge in [-0.3, -0.25) is 14.9 Å². The average Bonchev–Trinajstić information content (AvgIpc) is 3.25. The molecule has 10 nitrogen and oxygen atoms in total. The van der Waals surface area contributed by atoms with Gasteiger partial charge in [0.15, 0.2) is 5.82 Å². The lowest BCUT2D eigenvalue weighted by molar-refractivity contribution is -0.384. The molecule has 3 heterocycles. The van der Waals surface area contributed by atoms with Crippen LogP contribution in [0, 0.1) is 10.1 Å². The lowest BCUT2D eigenvalue weighted by Crippen LogP contribution is -2.14. The summed E-state index contributed by atoms with van der Waals surface area (Å²) >= 11 is 0. The zero-order chi connectivity index (χ0) is 23.2. The second kappa shape index (κ2) is 11.6. The number of nitro benzene ring substituents is 1. The third-order valence-electron chi connectivity index (χ3n) is 5.69. The number of fused-ring (bicyclic) bond motifs is 1. The minimum absolute atomic E-state index is 0. The molecule has 2 aromatic heterocycles. The van der Waals surface area contributed by atoms with Gasteiger partial charge in [0.2, 0.25) is 5.89 Å². The Hall–Kier alpha value is -3.53. The molecule has 4 rings (SSSR count). The number of halogens is 1. The summed E-state index contributed by atoms with van der Waals surface area (Å²) in [6.45, 7) is 0.953. The van der Waals surface area contributed by atoms with Crippen molar-refractivity contribution in [2.24, 2.45) is 0 Å². The molecule has 2 N–H and O–H groups in total. The quantitative estimate of drug-likeness (QED) is 0.318. The normalized spacial score (nSPS) is 13.3. The van der Waals surface area contributed by atoms with Crippen molar-refractivity contribution in [3.8, 4) is 0 Å². The summed E-state index contributed by atoms with van der Waals surface area (Å²) < 4.78 is 5.34. The van der Waals surface area contributed by atoms with Gasteiger partial charge in [-0.05, 0) is 42.9 Å². The monoisotopic (exact) mass is 487 g/mol. The first-order valence-corrected chi connectivity index (χ1v) is 11.0.